The van der Waals surface area contributed by atoms with Gasteiger partial charge in [-0.3, -0.25) is 0 Å². The summed E-state index contributed by atoms with van der Waals surface area (Å²) in [5.41, 5.74) is 0. The highest BCUT2D eigenvalue weighted by Crippen LogP contribution is 2.59. The summed E-state index contributed by atoms with van der Waals surface area (Å²) >= 11 is 0. The highest BCUT2D eigenvalue weighted by Gasteiger charge is 2.84. The first-order chi connectivity index (χ1) is 8.64. The zero-order valence-electron chi connectivity index (χ0n) is 8.54. The molecule has 0 bridgehead atoms. The molecule has 0 heterocycles. The molecule has 0 aromatic heterocycles. The fourth-order valence-corrected chi connectivity index (χ4v) is 1.14. The van der Waals surface area contributed by atoms with Crippen LogP contribution in [0.3, 0.4) is 0 Å². The molecule has 0 amide bonds. The zero-order valence-corrected chi connectivity index (χ0v) is 8.54. The molecule has 0 aliphatic heterocycles. The highest BCUT2D eigenvalue weighted by atomic mass is 19.4. The smallest absolute Gasteiger partial charge is 0.201 e. The van der Waals surface area contributed by atoms with Gasteiger partial charge in [0.25, 0.3) is 0 Å². The lowest BCUT2D eigenvalue weighted by atomic mass is 9.93. The molecule has 1 aliphatic carbocycles. The fraction of sp³-hybridized carbons (Fsp3) is 0.500. The van der Waals surface area contributed by atoms with E-state index in [1.54, 1.807) is 0 Å². The van der Waals surface area contributed by atoms with E-state index in [2.05, 4.69) is 0 Å². The Kier molecular flexibility index (Phi) is 3.40. The number of halogens is 12. The molecule has 116 valence electrons. The summed E-state index contributed by atoms with van der Waals surface area (Å²) in [7, 11) is 0. The molecule has 0 radical (unpaired) electrons. The van der Waals surface area contributed by atoms with Crippen molar-refractivity contribution in [3.8, 4) is 0 Å². The molecule has 0 N–H and O–H groups in total. The minimum atomic E-state index is -7.23. The van der Waals surface area contributed by atoms with Crippen molar-refractivity contribution < 1.29 is 52.7 Å². The predicted molar refractivity (Wildman–Crippen MR) is 38.3 cm³/mol. The van der Waals surface area contributed by atoms with Crippen LogP contribution in [0.15, 0.2) is 23.3 Å². The maximum Gasteiger partial charge on any atom is 0.385 e. The van der Waals surface area contributed by atoms with Crippen molar-refractivity contribution in [2.45, 2.75) is 23.7 Å². The zero-order chi connectivity index (χ0) is 16.3. The van der Waals surface area contributed by atoms with E-state index in [1.807, 2.05) is 0 Å². The van der Waals surface area contributed by atoms with Crippen LogP contribution in [0, 0.1) is 0 Å². The van der Waals surface area contributed by atoms with Gasteiger partial charge in [0.2, 0.25) is 11.7 Å². The number of allylic oxidation sites excluding steroid dienone is 4. The van der Waals surface area contributed by atoms with Gasteiger partial charge in [-0.05, 0) is 0 Å². The van der Waals surface area contributed by atoms with Gasteiger partial charge in [-0.1, -0.05) is 0 Å². The first-order valence-corrected chi connectivity index (χ1v) is 4.27. The van der Waals surface area contributed by atoms with E-state index in [-0.39, 0.29) is 0 Å². The van der Waals surface area contributed by atoms with Crippen molar-refractivity contribution in [2.24, 2.45) is 0 Å². The number of hydrogen-bond acceptors (Lipinski definition) is 0. The Balaban J connectivity index is 3.90. The largest absolute Gasteiger partial charge is 0.385 e. The Hall–Kier alpha value is -1.36. The van der Waals surface area contributed by atoms with Crippen LogP contribution >= 0.6 is 0 Å². The van der Waals surface area contributed by atoms with Crippen molar-refractivity contribution >= 4 is 0 Å². The third kappa shape index (κ3) is 1.65. The summed E-state index contributed by atoms with van der Waals surface area (Å²) in [5.74, 6) is -43.9. The van der Waals surface area contributed by atoms with Crippen LogP contribution in [0.4, 0.5) is 52.7 Å². The van der Waals surface area contributed by atoms with Gasteiger partial charge in [-0.25, -0.2) is 17.6 Å². The van der Waals surface area contributed by atoms with E-state index in [1.165, 1.54) is 0 Å². The maximum absolute atomic E-state index is 12.7. The van der Waals surface area contributed by atoms with Gasteiger partial charge in [0.05, 0.1) is 0 Å². The number of rotatable bonds is 0. The Morgan fingerprint density at radius 1 is 0.450 bits per heavy atom. The summed E-state index contributed by atoms with van der Waals surface area (Å²) in [6, 6.07) is 0. The molecule has 12 heteroatoms. The summed E-state index contributed by atoms with van der Waals surface area (Å²) in [6.45, 7) is 0. The molecule has 1 rings (SSSR count). The quantitative estimate of drug-likeness (QED) is 0.559. The van der Waals surface area contributed by atoms with E-state index in [9.17, 15) is 52.7 Å². The molecule has 0 atom stereocenters. The van der Waals surface area contributed by atoms with Gasteiger partial charge in [0.1, 0.15) is 0 Å². The monoisotopic (exact) mass is 324 g/mol. The first kappa shape index (κ1) is 16.7. The lowest BCUT2D eigenvalue weighted by molar-refractivity contribution is -0.355. The van der Waals surface area contributed by atoms with Gasteiger partial charge in [-0.15, -0.1) is 0 Å². The van der Waals surface area contributed by atoms with Crippen LogP contribution in [0.5, 0.6) is 0 Å². The van der Waals surface area contributed by atoms with E-state index in [0.29, 0.717) is 0 Å². The SMILES string of the molecule is FC1=C(\F)C(F)(F)C(F)(F)C(F)(F)C(F)(F)/C(F)=C\1F. The highest BCUT2D eigenvalue weighted by molar-refractivity contribution is 5.36. The molecule has 0 saturated heterocycles. The van der Waals surface area contributed by atoms with Crippen molar-refractivity contribution in [2.75, 3.05) is 0 Å². The molecule has 0 aromatic rings. The third-order valence-corrected chi connectivity index (χ3v) is 2.31. The van der Waals surface area contributed by atoms with E-state index in [4.69, 9.17) is 0 Å². The topological polar surface area (TPSA) is 0 Å². The summed E-state index contributed by atoms with van der Waals surface area (Å²) in [5, 5.41) is 0. The molecule has 0 aromatic carbocycles. The molecule has 0 saturated carbocycles. The Labute approximate surface area is 101 Å². The number of alkyl halides is 8. The first-order valence-electron chi connectivity index (χ1n) is 4.27. The average molecular weight is 324 g/mol. The molecular weight excluding hydrogens is 324 g/mol. The second-order valence-electron chi connectivity index (χ2n) is 3.55. The Morgan fingerprint density at radius 3 is 0.850 bits per heavy atom. The lowest BCUT2D eigenvalue weighted by Gasteiger charge is -2.36. The number of hydrogen-bond donors (Lipinski definition) is 0. The normalized spacial score (nSPS) is 35.4. The molecule has 0 fully saturated rings. The summed E-state index contributed by atoms with van der Waals surface area (Å²) < 4.78 is 152. The van der Waals surface area contributed by atoms with Crippen molar-refractivity contribution in [1.29, 1.82) is 0 Å². The van der Waals surface area contributed by atoms with E-state index >= 15 is 0 Å². The second kappa shape index (κ2) is 4.07. The second-order valence-corrected chi connectivity index (χ2v) is 3.55. The van der Waals surface area contributed by atoms with Crippen LogP contribution in [-0.4, -0.2) is 23.7 Å². The van der Waals surface area contributed by atoms with Gasteiger partial charge < -0.3 is 0 Å². The summed E-state index contributed by atoms with van der Waals surface area (Å²) in [4.78, 5) is 0. The minimum absolute atomic E-state index is 3.76. The van der Waals surface area contributed by atoms with Crippen LogP contribution < -0.4 is 0 Å². The van der Waals surface area contributed by atoms with E-state index < -0.39 is 47.0 Å². The predicted octanol–water partition coefficient (Wildman–Crippen LogP) is 4.84. The molecule has 0 nitrogen and oxygen atoms in total. The van der Waals surface area contributed by atoms with Gasteiger partial charge in [-0.2, -0.15) is 35.1 Å². The van der Waals surface area contributed by atoms with E-state index in [0.717, 1.165) is 0 Å². The summed E-state index contributed by atoms with van der Waals surface area (Å²) in [6.07, 6.45) is 0. The van der Waals surface area contributed by atoms with Crippen LogP contribution in [-0.2, 0) is 0 Å². The molecule has 0 unspecified atom stereocenters. The van der Waals surface area contributed by atoms with Gasteiger partial charge in [0.15, 0.2) is 11.7 Å². The van der Waals surface area contributed by atoms with Crippen LogP contribution in [0.25, 0.3) is 0 Å². The van der Waals surface area contributed by atoms with Crippen LogP contribution in [0.1, 0.15) is 0 Å². The van der Waals surface area contributed by atoms with Gasteiger partial charge in [0, 0.05) is 0 Å². The average Bonchev–Trinajstić information content (AvgIpc) is 2.33. The third-order valence-electron chi connectivity index (χ3n) is 2.31. The molecule has 1 aliphatic rings. The molecular formula is C8F12. The Bertz CT molecular complexity index is 450. The standard InChI is InChI=1S/C8F12/c9-1-2(10)4(12)6(15,16)8(19,20)7(17,18)5(13,14)3(1)11/b3-1-,4-2-. The minimum Gasteiger partial charge on any atom is -0.201 e. The van der Waals surface area contributed by atoms with Crippen molar-refractivity contribution in [3.05, 3.63) is 23.3 Å². The molecule has 0 spiro atoms. The van der Waals surface area contributed by atoms with Crippen LogP contribution in [0.2, 0.25) is 0 Å². The maximum atomic E-state index is 12.7. The fourth-order valence-electron chi connectivity index (χ4n) is 1.14. The molecule has 20 heavy (non-hydrogen) atoms. The lowest BCUT2D eigenvalue weighted by Crippen LogP contribution is -2.63. The van der Waals surface area contributed by atoms with Crippen molar-refractivity contribution in [1.82, 2.24) is 0 Å². The Morgan fingerprint density at radius 2 is 0.650 bits per heavy atom. The van der Waals surface area contributed by atoms with Crippen molar-refractivity contribution in [3.63, 3.8) is 0 Å². The van der Waals surface area contributed by atoms with Gasteiger partial charge >= 0.3 is 23.7 Å².